The molecule has 4 heterocycles. The van der Waals surface area contributed by atoms with Gasteiger partial charge in [-0.25, -0.2) is 0 Å². The van der Waals surface area contributed by atoms with Crippen molar-refractivity contribution in [2.24, 2.45) is 0 Å². The second-order valence-corrected chi connectivity index (χ2v) is 8.81. The first-order valence-corrected chi connectivity index (χ1v) is 10.1. The van der Waals surface area contributed by atoms with Crippen LogP contribution in [0.15, 0.2) is 23.6 Å². The summed E-state index contributed by atoms with van der Waals surface area (Å²) in [5.41, 5.74) is 1.52. The molecule has 0 unspecified atom stereocenters. The SMILES string of the molecule is Cc1ccc(C(=O)N2CCC(N3CCc4sccc4C3)CC2)s1. The normalized spacial score (nSPS) is 19.8. The maximum absolute atomic E-state index is 12.5. The van der Waals surface area contributed by atoms with Crippen LogP contribution in [0.5, 0.6) is 0 Å². The predicted molar refractivity (Wildman–Crippen MR) is 96.4 cm³/mol. The Balaban J connectivity index is 1.35. The van der Waals surface area contributed by atoms with E-state index in [-0.39, 0.29) is 5.91 Å². The highest BCUT2D eigenvalue weighted by Gasteiger charge is 2.29. The summed E-state index contributed by atoms with van der Waals surface area (Å²) in [7, 11) is 0. The molecule has 122 valence electrons. The standard InChI is InChI=1S/C18H22N2OS2/c1-13-2-3-17(23-13)18(21)19-8-4-15(5-9-19)20-10-6-16-14(12-20)7-11-22-16/h2-3,7,11,15H,4-6,8-10,12H2,1H3. The molecule has 2 aromatic heterocycles. The van der Waals surface area contributed by atoms with Gasteiger partial charge >= 0.3 is 0 Å². The summed E-state index contributed by atoms with van der Waals surface area (Å²) in [6, 6.07) is 6.93. The van der Waals surface area contributed by atoms with Crippen molar-refractivity contribution >= 4 is 28.6 Å². The predicted octanol–water partition coefficient (Wildman–Crippen LogP) is 3.78. The molecule has 0 N–H and O–H groups in total. The number of likely N-dealkylation sites (tertiary alicyclic amines) is 1. The molecule has 1 amide bonds. The third kappa shape index (κ3) is 3.10. The largest absolute Gasteiger partial charge is 0.338 e. The lowest BCUT2D eigenvalue weighted by atomic mass is 9.99. The molecule has 3 nitrogen and oxygen atoms in total. The van der Waals surface area contributed by atoms with Crippen LogP contribution in [0, 0.1) is 6.92 Å². The molecule has 5 heteroatoms. The summed E-state index contributed by atoms with van der Waals surface area (Å²) in [4.78, 5) is 20.9. The van der Waals surface area contributed by atoms with Crippen molar-refractivity contribution in [1.29, 1.82) is 0 Å². The number of thiophene rings is 2. The van der Waals surface area contributed by atoms with Crippen molar-refractivity contribution in [3.8, 4) is 0 Å². The second kappa shape index (κ2) is 6.38. The Morgan fingerprint density at radius 3 is 2.74 bits per heavy atom. The van der Waals surface area contributed by atoms with Crippen molar-refractivity contribution in [2.75, 3.05) is 19.6 Å². The first-order chi connectivity index (χ1) is 11.2. The summed E-state index contributed by atoms with van der Waals surface area (Å²) in [5.74, 6) is 0.223. The van der Waals surface area contributed by atoms with Gasteiger partial charge in [0.2, 0.25) is 0 Å². The maximum Gasteiger partial charge on any atom is 0.263 e. The van der Waals surface area contributed by atoms with Crippen LogP contribution in [-0.4, -0.2) is 41.4 Å². The number of amides is 1. The van der Waals surface area contributed by atoms with Crippen LogP contribution in [0.4, 0.5) is 0 Å². The monoisotopic (exact) mass is 346 g/mol. The van der Waals surface area contributed by atoms with Crippen molar-refractivity contribution < 1.29 is 4.79 Å². The van der Waals surface area contributed by atoms with Gasteiger partial charge in [-0.15, -0.1) is 22.7 Å². The number of nitrogens with zero attached hydrogens (tertiary/aromatic N) is 2. The third-order valence-corrected chi connectivity index (χ3v) is 7.07. The van der Waals surface area contributed by atoms with Gasteiger partial charge in [0.25, 0.3) is 5.91 Å². The van der Waals surface area contributed by atoms with Crippen LogP contribution in [0.25, 0.3) is 0 Å². The van der Waals surface area contributed by atoms with Crippen molar-refractivity contribution in [2.45, 2.75) is 38.8 Å². The van der Waals surface area contributed by atoms with Crippen molar-refractivity contribution in [1.82, 2.24) is 9.80 Å². The molecule has 0 spiro atoms. The van der Waals surface area contributed by atoms with Crippen LogP contribution in [-0.2, 0) is 13.0 Å². The molecule has 23 heavy (non-hydrogen) atoms. The number of fused-ring (bicyclic) bond motifs is 1. The Labute approximate surface area is 145 Å². The van der Waals surface area contributed by atoms with Gasteiger partial charge in [-0.05, 0) is 55.3 Å². The quantitative estimate of drug-likeness (QED) is 0.826. The Morgan fingerprint density at radius 2 is 2.00 bits per heavy atom. The van der Waals surface area contributed by atoms with Gasteiger partial charge in [0, 0.05) is 42.0 Å². The highest BCUT2D eigenvalue weighted by Crippen LogP contribution is 2.28. The average Bonchev–Trinajstić information content (AvgIpc) is 3.22. The fraction of sp³-hybridized carbons (Fsp3) is 0.500. The Morgan fingerprint density at radius 1 is 1.17 bits per heavy atom. The van der Waals surface area contributed by atoms with E-state index in [9.17, 15) is 4.79 Å². The highest BCUT2D eigenvalue weighted by molar-refractivity contribution is 7.13. The van der Waals surface area contributed by atoms with E-state index >= 15 is 0 Å². The van der Waals surface area contributed by atoms with Crippen molar-refractivity contribution in [3.05, 3.63) is 43.8 Å². The number of rotatable bonds is 2. The van der Waals surface area contributed by atoms with Gasteiger partial charge in [-0.1, -0.05) is 0 Å². The van der Waals surface area contributed by atoms with Gasteiger partial charge in [0.05, 0.1) is 4.88 Å². The first-order valence-electron chi connectivity index (χ1n) is 8.36. The van der Waals surface area contributed by atoms with Gasteiger partial charge in [0.15, 0.2) is 0 Å². The molecular weight excluding hydrogens is 324 g/mol. The second-order valence-electron chi connectivity index (χ2n) is 6.52. The summed E-state index contributed by atoms with van der Waals surface area (Å²) in [6.45, 7) is 6.13. The van der Waals surface area contributed by atoms with E-state index < -0.39 is 0 Å². The molecule has 1 fully saturated rings. The van der Waals surface area contributed by atoms with Gasteiger partial charge in [-0.2, -0.15) is 0 Å². The lowest BCUT2D eigenvalue weighted by molar-refractivity contribution is 0.0605. The van der Waals surface area contributed by atoms with Crippen molar-refractivity contribution in [3.63, 3.8) is 0 Å². The summed E-state index contributed by atoms with van der Waals surface area (Å²) < 4.78 is 0. The summed E-state index contributed by atoms with van der Waals surface area (Å²) in [6.07, 6.45) is 3.41. The molecule has 0 radical (unpaired) electrons. The minimum Gasteiger partial charge on any atom is -0.338 e. The molecule has 0 aliphatic carbocycles. The molecule has 0 bridgehead atoms. The first kappa shape index (κ1) is 15.4. The molecule has 0 saturated carbocycles. The van der Waals surface area contributed by atoms with Gasteiger partial charge in [0.1, 0.15) is 0 Å². The highest BCUT2D eigenvalue weighted by atomic mass is 32.1. The van der Waals surface area contributed by atoms with Crippen LogP contribution >= 0.6 is 22.7 Å². The van der Waals surface area contributed by atoms with E-state index in [1.54, 1.807) is 16.2 Å². The van der Waals surface area contributed by atoms with E-state index in [0.29, 0.717) is 6.04 Å². The molecule has 2 aromatic rings. The zero-order valence-corrected chi connectivity index (χ0v) is 15.1. The lowest BCUT2D eigenvalue weighted by Gasteiger charge is -2.40. The number of hydrogen-bond acceptors (Lipinski definition) is 4. The molecular formula is C18H22N2OS2. The zero-order chi connectivity index (χ0) is 15.8. The zero-order valence-electron chi connectivity index (χ0n) is 13.5. The minimum atomic E-state index is 0.223. The van der Waals surface area contributed by atoms with E-state index in [4.69, 9.17) is 0 Å². The molecule has 4 rings (SSSR count). The molecule has 0 atom stereocenters. The topological polar surface area (TPSA) is 23.6 Å². The van der Waals surface area contributed by atoms with Crippen LogP contribution in [0.3, 0.4) is 0 Å². The fourth-order valence-electron chi connectivity index (χ4n) is 3.72. The Bertz CT molecular complexity index is 697. The fourth-order valence-corrected chi connectivity index (χ4v) is 5.45. The van der Waals surface area contributed by atoms with Gasteiger partial charge < -0.3 is 4.90 Å². The average molecular weight is 347 g/mol. The minimum absolute atomic E-state index is 0.223. The number of aryl methyl sites for hydroxylation is 1. The van der Waals surface area contributed by atoms with E-state index in [2.05, 4.69) is 23.3 Å². The number of piperidine rings is 1. The van der Waals surface area contributed by atoms with E-state index in [0.717, 1.165) is 37.4 Å². The maximum atomic E-state index is 12.5. The van der Waals surface area contributed by atoms with Crippen LogP contribution in [0.1, 0.15) is 37.8 Å². The third-order valence-electron chi connectivity index (χ3n) is 5.06. The van der Waals surface area contributed by atoms with Crippen LogP contribution in [0.2, 0.25) is 0 Å². The Kier molecular flexibility index (Phi) is 4.26. The molecule has 2 aliphatic rings. The van der Waals surface area contributed by atoms with E-state index in [1.807, 2.05) is 28.4 Å². The number of carbonyl (C=O) groups is 1. The van der Waals surface area contributed by atoms with E-state index in [1.165, 1.54) is 23.4 Å². The van der Waals surface area contributed by atoms with Gasteiger partial charge in [-0.3, -0.25) is 9.69 Å². The molecule has 2 aliphatic heterocycles. The van der Waals surface area contributed by atoms with Crippen LogP contribution < -0.4 is 0 Å². The Hall–Kier alpha value is -1.17. The lowest BCUT2D eigenvalue weighted by Crippen LogP contribution is -2.47. The summed E-state index contributed by atoms with van der Waals surface area (Å²) in [5, 5.41) is 2.22. The molecule has 0 aromatic carbocycles. The number of carbonyl (C=O) groups excluding carboxylic acids is 1. The smallest absolute Gasteiger partial charge is 0.263 e. The summed E-state index contributed by atoms with van der Waals surface area (Å²) >= 11 is 3.51. The number of hydrogen-bond donors (Lipinski definition) is 0. The molecule has 1 saturated heterocycles.